The number of nitrogens with one attached hydrogen (secondary N) is 2. The Morgan fingerprint density at radius 3 is 2.87 bits per heavy atom. The molecule has 2 N–H and O–H groups in total. The van der Waals surface area contributed by atoms with Gasteiger partial charge in [-0.15, -0.1) is 0 Å². The summed E-state index contributed by atoms with van der Waals surface area (Å²) in [6.07, 6.45) is 5.13. The molecule has 5 nitrogen and oxygen atoms in total. The second-order valence-electron chi connectivity index (χ2n) is 4.83. The molecule has 0 aliphatic heterocycles. The standard InChI is InChI=1S/C17H14ClN3O2/c18-14-9-13(21-17(22)15-4-2-8-20-15)5-6-16(14)23-11-12-3-1-7-19-10-12/h1-10,20H,11H2,(H,21,22). The van der Waals surface area contributed by atoms with Crippen LogP contribution in [0.3, 0.4) is 0 Å². The van der Waals surface area contributed by atoms with Gasteiger partial charge >= 0.3 is 0 Å². The molecule has 0 unspecified atom stereocenters. The predicted octanol–water partition coefficient (Wildman–Crippen LogP) is 3.89. The number of carbonyl (C=O) groups excluding carboxylic acids is 1. The number of hydrogen-bond acceptors (Lipinski definition) is 3. The van der Waals surface area contributed by atoms with E-state index in [0.717, 1.165) is 5.56 Å². The molecule has 2 aromatic heterocycles. The van der Waals surface area contributed by atoms with Crippen LogP contribution in [-0.4, -0.2) is 15.9 Å². The Bertz CT molecular complexity index is 789. The zero-order chi connectivity index (χ0) is 16.1. The minimum absolute atomic E-state index is 0.227. The molecule has 6 heteroatoms. The fraction of sp³-hybridized carbons (Fsp3) is 0.0588. The lowest BCUT2D eigenvalue weighted by Crippen LogP contribution is -2.12. The van der Waals surface area contributed by atoms with Gasteiger partial charge in [0, 0.05) is 29.8 Å². The largest absolute Gasteiger partial charge is 0.487 e. The maximum Gasteiger partial charge on any atom is 0.272 e. The van der Waals surface area contributed by atoms with E-state index in [1.165, 1.54) is 0 Å². The summed E-state index contributed by atoms with van der Waals surface area (Å²) in [5, 5.41) is 3.19. The van der Waals surface area contributed by atoms with Crippen molar-refractivity contribution >= 4 is 23.2 Å². The number of H-pyrrole nitrogens is 1. The fourth-order valence-corrected chi connectivity index (χ4v) is 2.25. The van der Waals surface area contributed by atoms with Gasteiger partial charge in [-0.1, -0.05) is 17.7 Å². The third kappa shape index (κ3) is 3.90. The van der Waals surface area contributed by atoms with E-state index in [4.69, 9.17) is 16.3 Å². The summed E-state index contributed by atoms with van der Waals surface area (Å²) in [6.45, 7) is 0.377. The fourth-order valence-electron chi connectivity index (χ4n) is 2.01. The number of aromatic amines is 1. The molecule has 116 valence electrons. The Balaban J connectivity index is 1.65. The number of nitrogens with zero attached hydrogens (tertiary/aromatic N) is 1. The molecular weight excluding hydrogens is 314 g/mol. The second-order valence-corrected chi connectivity index (χ2v) is 5.24. The summed E-state index contributed by atoms with van der Waals surface area (Å²) in [7, 11) is 0. The highest BCUT2D eigenvalue weighted by atomic mass is 35.5. The summed E-state index contributed by atoms with van der Waals surface area (Å²) in [4.78, 5) is 18.8. The number of rotatable bonds is 5. The number of aromatic nitrogens is 2. The quantitative estimate of drug-likeness (QED) is 0.747. The van der Waals surface area contributed by atoms with Crippen molar-refractivity contribution in [1.29, 1.82) is 0 Å². The Hall–Kier alpha value is -2.79. The molecule has 0 saturated heterocycles. The minimum atomic E-state index is -0.227. The average Bonchev–Trinajstić information content (AvgIpc) is 3.10. The van der Waals surface area contributed by atoms with Crippen molar-refractivity contribution < 1.29 is 9.53 Å². The van der Waals surface area contributed by atoms with Crippen LogP contribution in [0.4, 0.5) is 5.69 Å². The van der Waals surface area contributed by atoms with Crippen molar-refractivity contribution in [2.24, 2.45) is 0 Å². The number of amides is 1. The van der Waals surface area contributed by atoms with Crippen LogP contribution in [-0.2, 0) is 6.61 Å². The van der Waals surface area contributed by atoms with Gasteiger partial charge in [-0.3, -0.25) is 9.78 Å². The van der Waals surface area contributed by atoms with Crippen LogP contribution < -0.4 is 10.1 Å². The molecule has 0 radical (unpaired) electrons. The van der Waals surface area contributed by atoms with Crippen molar-refractivity contribution in [2.75, 3.05) is 5.32 Å². The second kappa shape index (κ2) is 6.98. The molecule has 0 saturated carbocycles. The average molecular weight is 328 g/mol. The van der Waals surface area contributed by atoms with E-state index in [-0.39, 0.29) is 5.91 Å². The van der Waals surface area contributed by atoms with E-state index in [1.54, 1.807) is 48.9 Å². The lowest BCUT2D eigenvalue weighted by atomic mass is 10.2. The third-order valence-corrected chi connectivity index (χ3v) is 3.44. The van der Waals surface area contributed by atoms with Gasteiger partial charge in [-0.2, -0.15) is 0 Å². The molecule has 0 atom stereocenters. The molecule has 0 aliphatic rings. The molecule has 2 heterocycles. The summed E-state index contributed by atoms with van der Waals surface area (Å²) >= 11 is 6.20. The highest BCUT2D eigenvalue weighted by molar-refractivity contribution is 6.32. The number of carbonyl (C=O) groups is 1. The monoisotopic (exact) mass is 327 g/mol. The predicted molar refractivity (Wildman–Crippen MR) is 88.8 cm³/mol. The van der Waals surface area contributed by atoms with Crippen molar-refractivity contribution in [3.63, 3.8) is 0 Å². The molecule has 1 amide bonds. The van der Waals surface area contributed by atoms with Crippen LogP contribution in [0.15, 0.2) is 61.1 Å². The molecule has 0 spiro atoms. The van der Waals surface area contributed by atoms with E-state index in [9.17, 15) is 4.79 Å². The van der Waals surface area contributed by atoms with Crippen molar-refractivity contribution in [2.45, 2.75) is 6.61 Å². The Kier molecular flexibility index (Phi) is 4.59. The zero-order valence-electron chi connectivity index (χ0n) is 12.1. The topological polar surface area (TPSA) is 67.0 Å². The van der Waals surface area contributed by atoms with Gasteiger partial charge in [0.25, 0.3) is 5.91 Å². The summed E-state index contributed by atoms with van der Waals surface area (Å²) in [5.41, 5.74) is 2.04. The van der Waals surface area contributed by atoms with Gasteiger partial charge in [0.2, 0.25) is 0 Å². The molecule has 1 aromatic carbocycles. The Morgan fingerprint density at radius 2 is 2.17 bits per heavy atom. The van der Waals surface area contributed by atoms with Crippen LogP contribution in [0.2, 0.25) is 5.02 Å². The number of pyridine rings is 1. The van der Waals surface area contributed by atoms with E-state index in [2.05, 4.69) is 15.3 Å². The number of ether oxygens (including phenoxy) is 1. The highest BCUT2D eigenvalue weighted by Crippen LogP contribution is 2.28. The number of benzene rings is 1. The van der Waals surface area contributed by atoms with Crippen LogP contribution in [0.25, 0.3) is 0 Å². The third-order valence-electron chi connectivity index (χ3n) is 3.15. The highest BCUT2D eigenvalue weighted by Gasteiger charge is 2.09. The first-order valence-corrected chi connectivity index (χ1v) is 7.36. The van der Waals surface area contributed by atoms with Crippen LogP contribution >= 0.6 is 11.6 Å². The molecule has 0 fully saturated rings. The van der Waals surface area contributed by atoms with E-state index >= 15 is 0 Å². The molecule has 23 heavy (non-hydrogen) atoms. The lowest BCUT2D eigenvalue weighted by molar-refractivity contribution is 0.102. The van der Waals surface area contributed by atoms with Crippen molar-refractivity contribution in [3.8, 4) is 5.75 Å². The maximum atomic E-state index is 12.0. The number of halogens is 1. The van der Waals surface area contributed by atoms with E-state index in [0.29, 0.717) is 28.8 Å². The van der Waals surface area contributed by atoms with Crippen LogP contribution in [0, 0.1) is 0 Å². The van der Waals surface area contributed by atoms with Crippen LogP contribution in [0.5, 0.6) is 5.75 Å². The minimum Gasteiger partial charge on any atom is -0.487 e. The smallest absolute Gasteiger partial charge is 0.272 e. The lowest BCUT2D eigenvalue weighted by Gasteiger charge is -2.10. The summed E-state index contributed by atoms with van der Waals surface area (Å²) in [5.74, 6) is 0.323. The Morgan fingerprint density at radius 1 is 1.26 bits per heavy atom. The summed E-state index contributed by atoms with van der Waals surface area (Å²) < 4.78 is 5.66. The normalized spacial score (nSPS) is 10.3. The van der Waals surface area contributed by atoms with E-state index < -0.39 is 0 Å². The molecule has 3 aromatic rings. The van der Waals surface area contributed by atoms with Crippen molar-refractivity contribution in [1.82, 2.24) is 9.97 Å². The molecule has 0 bridgehead atoms. The molecular formula is C17H14ClN3O2. The van der Waals surface area contributed by atoms with Gasteiger partial charge < -0.3 is 15.0 Å². The van der Waals surface area contributed by atoms with Gasteiger partial charge in [-0.25, -0.2) is 0 Å². The van der Waals surface area contributed by atoms with Gasteiger partial charge in [0.05, 0.1) is 5.02 Å². The first-order valence-electron chi connectivity index (χ1n) is 6.98. The van der Waals surface area contributed by atoms with Gasteiger partial charge in [0.15, 0.2) is 0 Å². The molecule has 3 rings (SSSR count). The van der Waals surface area contributed by atoms with Crippen molar-refractivity contribution in [3.05, 3.63) is 77.3 Å². The van der Waals surface area contributed by atoms with E-state index in [1.807, 2.05) is 12.1 Å². The maximum absolute atomic E-state index is 12.0. The van der Waals surface area contributed by atoms with Crippen LogP contribution in [0.1, 0.15) is 16.1 Å². The first kappa shape index (κ1) is 15.1. The summed E-state index contributed by atoms with van der Waals surface area (Å²) in [6, 6.07) is 12.3. The van der Waals surface area contributed by atoms with Gasteiger partial charge in [0.1, 0.15) is 18.1 Å². The Labute approximate surface area is 138 Å². The first-order chi connectivity index (χ1) is 11.2. The SMILES string of the molecule is O=C(Nc1ccc(OCc2cccnc2)c(Cl)c1)c1ccc[nH]1. The van der Waals surface area contributed by atoms with Gasteiger partial charge in [-0.05, 0) is 36.4 Å². The zero-order valence-corrected chi connectivity index (χ0v) is 12.9. The molecule has 0 aliphatic carbocycles. The number of hydrogen-bond donors (Lipinski definition) is 2. The number of anilines is 1.